The molecule has 2 amide bonds. The van der Waals surface area contributed by atoms with Crippen LogP contribution in [0.4, 0.5) is 4.79 Å². The molecule has 1 aromatic rings. The van der Waals surface area contributed by atoms with Gasteiger partial charge in [0.05, 0.1) is 5.92 Å². The normalized spacial score (nSPS) is 18.4. The largest absolute Gasteiger partial charge is 0.481 e. The second kappa shape index (κ2) is 6.56. The number of aryl methyl sites for hydroxylation is 2. The van der Waals surface area contributed by atoms with Crippen molar-refractivity contribution < 1.29 is 14.7 Å². The van der Waals surface area contributed by atoms with E-state index in [0.717, 1.165) is 23.2 Å². The number of amides is 2. The zero-order valence-corrected chi connectivity index (χ0v) is 12.4. The minimum absolute atomic E-state index is 0.207. The quantitative estimate of drug-likeness (QED) is 0.888. The van der Waals surface area contributed by atoms with E-state index in [-0.39, 0.29) is 12.6 Å². The fourth-order valence-corrected chi connectivity index (χ4v) is 2.56. The Morgan fingerprint density at radius 2 is 2.24 bits per heavy atom. The van der Waals surface area contributed by atoms with Crippen LogP contribution in [0.1, 0.15) is 29.7 Å². The molecular weight excluding hydrogens is 270 g/mol. The molecule has 6 nitrogen and oxygen atoms in total. The number of nitrogens with zero attached hydrogens (tertiary/aromatic N) is 2. The molecule has 0 aromatic carbocycles. The molecule has 2 rings (SSSR count). The van der Waals surface area contributed by atoms with Crippen molar-refractivity contribution in [3.05, 3.63) is 29.1 Å². The first-order valence-electron chi connectivity index (χ1n) is 7.15. The van der Waals surface area contributed by atoms with Gasteiger partial charge in [0, 0.05) is 31.5 Å². The summed E-state index contributed by atoms with van der Waals surface area (Å²) in [6.07, 6.45) is 3.14. The van der Waals surface area contributed by atoms with Crippen LogP contribution in [-0.4, -0.2) is 40.1 Å². The molecule has 2 N–H and O–H groups in total. The summed E-state index contributed by atoms with van der Waals surface area (Å²) < 4.78 is 0. The molecule has 1 aliphatic rings. The molecule has 1 unspecified atom stereocenters. The van der Waals surface area contributed by atoms with Gasteiger partial charge in [0.15, 0.2) is 0 Å². The molecule has 114 valence electrons. The SMILES string of the molecule is Cc1cc(C)c(CNC(=O)N2CCCC(C(=O)O)C2)cn1. The van der Waals surface area contributed by atoms with Gasteiger partial charge in [-0.2, -0.15) is 0 Å². The van der Waals surface area contributed by atoms with E-state index in [4.69, 9.17) is 5.11 Å². The Morgan fingerprint density at radius 1 is 1.48 bits per heavy atom. The molecule has 1 saturated heterocycles. The first-order valence-corrected chi connectivity index (χ1v) is 7.15. The molecule has 21 heavy (non-hydrogen) atoms. The van der Waals surface area contributed by atoms with Crippen molar-refractivity contribution in [2.45, 2.75) is 33.2 Å². The van der Waals surface area contributed by atoms with E-state index in [0.29, 0.717) is 19.5 Å². The lowest BCUT2D eigenvalue weighted by Gasteiger charge is -2.30. The van der Waals surface area contributed by atoms with E-state index in [9.17, 15) is 9.59 Å². The van der Waals surface area contributed by atoms with Gasteiger partial charge in [-0.15, -0.1) is 0 Å². The van der Waals surface area contributed by atoms with Gasteiger partial charge < -0.3 is 15.3 Å². The van der Waals surface area contributed by atoms with Gasteiger partial charge >= 0.3 is 12.0 Å². The molecule has 2 heterocycles. The number of piperidine rings is 1. The molecular formula is C15H21N3O3. The first-order chi connectivity index (χ1) is 9.97. The van der Waals surface area contributed by atoms with E-state index in [1.165, 1.54) is 0 Å². The van der Waals surface area contributed by atoms with Crippen molar-refractivity contribution in [3.8, 4) is 0 Å². The number of carboxylic acid groups (broad SMARTS) is 1. The van der Waals surface area contributed by atoms with Crippen molar-refractivity contribution in [1.82, 2.24) is 15.2 Å². The van der Waals surface area contributed by atoms with Crippen molar-refractivity contribution in [2.75, 3.05) is 13.1 Å². The second-order valence-corrected chi connectivity index (χ2v) is 5.53. The van der Waals surface area contributed by atoms with Gasteiger partial charge in [-0.1, -0.05) is 0 Å². The van der Waals surface area contributed by atoms with Crippen LogP contribution in [0.3, 0.4) is 0 Å². The number of pyridine rings is 1. The zero-order chi connectivity index (χ0) is 15.4. The third kappa shape index (κ3) is 3.93. The highest BCUT2D eigenvalue weighted by Gasteiger charge is 2.27. The van der Waals surface area contributed by atoms with E-state index >= 15 is 0 Å². The Kier molecular flexibility index (Phi) is 4.77. The van der Waals surface area contributed by atoms with E-state index < -0.39 is 11.9 Å². The summed E-state index contributed by atoms with van der Waals surface area (Å²) in [5.41, 5.74) is 3.01. The molecule has 1 aromatic heterocycles. The third-order valence-corrected chi connectivity index (χ3v) is 3.84. The van der Waals surface area contributed by atoms with E-state index in [1.807, 2.05) is 19.9 Å². The summed E-state index contributed by atoms with van der Waals surface area (Å²) in [5.74, 6) is -1.28. The summed E-state index contributed by atoms with van der Waals surface area (Å²) in [5, 5.41) is 11.9. The minimum Gasteiger partial charge on any atom is -0.481 e. The summed E-state index contributed by atoms with van der Waals surface area (Å²) in [4.78, 5) is 28.9. The number of aromatic nitrogens is 1. The third-order valence-electron chi connectivity index (χ3n) is 3.84. The number of rotatable bonds is 3. The van der Waals surface area contributed by atoms with Gasteiger partial charge in [-0.05, 0) is 43.9 Å². The topological polar surface area (TPSA) is 82.5 Å². The molecule has 0 aliphatic carbocycles. The highest BCUT2D eigenvalue weighted by Crippen LogP contribution is 2.16. The number of carbonyl (C=O) groups is 2. The van der Waals surface area contributed by atoms with Gasteiger partial charge in [0.25, 0.3) is 0 Å². The van der Waals surface area contributed by atoms with Crippen LogP contribution < -0.4 is 5.32 Å². The van der Waals surface area contributed by atoms with E-state index in [2.05, 4.69) is 10.3 Å². The van der Waals surface area contributed by atoms with Gasteiger partial charge in [-0.25, -0.2) is 4.79 Å². The molecule has 0 saturated carbocycles. The molecule has 6 heteroatoms. The lowest BCUT2D eigenvalue weighted by Crippen LogP contribution is -2.46. The predicted molar refractivity (Wildman–Crippen MR) is 77.9 cm³/mol. The maximum atomic E-state index is 12.1. The first kappa shape index (κ1) is 15.3. The Labute approximate surface area is 124 Å². The van der Waals surface area contributed by atoms with Crippen LogP contribution in [-0.2, 0) is 11.3 Å². The number of carbonyl (C=O) groups excluding carboxylic acids is 1. The summed E-state index contributed by atoms with van der Waals surface area (Å²) >= 11 is 0. The van der Waals surface area contributed by atoms with Crippen LogP contribution in [0.15, 0.2) is 12.3 Å². The number of nitrogens with one attached hydrogen (secondary N) is 1. The van der Waals surface area contributed by atoms with Crippen LogP contribution in [0.5, 0.6) is 0 Å². The number of carboxylic acids is 1. The van der Waals surface area contributed by atoms with Crippen molar-refractivity contribution in [3.63, 3.8) is 0 Å². The van der Waals surface area contributed by atoms with Crippen molar-refractivity contribution in [2.24, 2.45) is 5.92 Å². The Bertz CT molecular complexity index is 545. The molecule has 1 fully saturated rings. The lowest BCUT2D eigenvalue weighted by molar-refractivity contribution is -0.143. The number of urea groups is 1. The summed E-state index contributed by atoms with van der Waals surface area (Å²) in [7, 11) is 0. The predicted octanol–water partition coefficient (Wildman–Crippen LogP) is 1.70. The standard InChI is InChI=1S/C15H21N3O3/c1-10-6-11(2)16-7-13(10)8-17-15(21)18-5-3-4-12(9-18)14(19)20/h6-7,12H,3-5,8-9H2,1-2H3,(H,17,21)(H,19,20). The minimum atomic E-state index is -0.828. The zero-order valence-electron chi connectivity index (χ0n) is 12.4. The maximum Gasteiger partial charge on any atom is 0.317 e. The molecule has 1 aliphatic heterocycles. The van der Waals surface area contributed by atoms with Crippen molar-refractivity contribution in [1.29, 1.82) is 0 Å². The van der Waals surface area contributed by atoms with Gasteiger partial charge in [-0.3, -0.25) is 9.78 Å². The molecule has 0 bridgehead atoms. The number of aliphatic carboxylic acids is 1. The monoisotopic (exact) mass is 291 g/mol. The number of hydrogen-bond donors (Lipinski definition) is 2. The van der Waals surface area contributed by atoms with Crippen molar-refractivity contribution >= 4 is 12.0 Å². The van der Waals surface area contributed by atoms with Crippen LogP contribution in [0.25, 0.3) is 0 Å². The fraction of sp³-hybridized carbons (Fsp3) is 0.533. The second-order valence-electron chi connectivity index (χ2n) is 5.53. The van der Waals surface area contributed by atoms with Crippen LogP contribution >= 0.6 is 0 Å². The summed E-state index contributed by atoms with van der Waals surface area (Å²) in [6.45, 7) is 5.21. The fourth-order valence-electron chi connectivity index (χ4n) is 2.56. The van der Waals surface area contributed by atoms with Crippen LogP contribution in [0, 0.1) is 19.8 Å². The average Bonchev–Trinajstić information content (AvgIpc) is 2.46. The summed E-state index contributed by atoms with van der Waals surface area (Å²) in [6, 6.07) is 1.77. The Morgan fingerprint density at radius 3 is 2.90 bits per heavy atom. The maximum absolute atomic E-state index is 12.1. The number of likely N-dealkylation sites (tertiary alicyclic amines) is 1. The molecule has 1 atom stereocenters. The van der Waals surface area contributed by atoms with Gasteiger partial charge in [0.2, 0.25) is 0 Å². The van der Waals surface area contributed by atoms with Gasteiger partial charge in [0.1, 0.15) is 0 Å². The highest BCUT2D eigenvalue weighted by molar-refractivity contribution is 5.76. The lowest BCUT2D eigenvalue weighted by atomic mass is 9.99. The van der Waals surface area contributed by atoms with E-state index in [1.54, 1.807) is 11.1 Å². The smallest absolute Gasteiger partial charge is 0.317 e. The average molecular weight is 291 g/mol. The van der Waals surface area contributed by atoms with Crippen LogP contribution in [0.2, 0.25) is 0 Å². The Hall–Kier alpha value is -2.11. The highest BCUT2D eigenvalue weighted by atomic mass is 16.4. The number of hydrogen-bond acceptors (Lipinski definition) is 3. The Balaban J connectivity index is 1.90. The molecule has 0 radical (unpaired) electrons. The molecule has 0 spiro atoms.